The number of halogens is 1. The Morgan fingerprint density at radius 2 is 1.89 bits per heavy atom. The maximum Gasteiger partial charge on any atom is 0.262 e. The third-order valence-corrected chi connectivity index (χ3v) is 5.30. The third-order valence-electron chi connectivity index (χ3n) is 4.89. The first kappa shape index (κ1) is 18.3. The van der Waals surface area contributed by atoms with Crippen molar-refractivity contribution in [1.29, 1.82) is 0 Å². The molecule has 0 fully saturated rings. The van der Waals surface area contributed by atoms with E-state index in [0.717, 1.165) is 22.5 Å². The molecule has 1 atom stereocenters. The second-order valence-electron chi connectivity index (χ2n) is 6.80. The zero-order valence-corrected chi connectivity index (χ0v) is 16.6. The van der Waals surface area contributed by atoms with Crippen LogP contribution in [-0.2, 0) is 0 Å². The number of methoxy groups -OCH3 is 1. The number of fused-ring (bicyclic) bond motifs is 1. The minimum atomic E-state index is -0.458. The number of rotatable bonds is 4. The van der Waals surface area contributed by atoms with Crippen LogP contribution in [0.1, 0.15) is 33.3 Å². The molecular weight excluding hydrogens is 374 g/mol. The van der Waals surface area contributed by atoms with Crippen LogP contribution in [-0.4, -0.2) is 18.0 Å². The standard InChI is InChI=1S/C22H20ClN3O2/c1-13-6-8-15(9-7-13)26-21(20-16(22(26)27)5-4-10-24-20)25-18-11-14(2)17(23)12-19(18)28-3/h4-12,21,25H,1-3H3. The zero-order chi connectivity index (χ0) is 19.8. The average molecular weight is 394 g/mol. The number of pyridine rings is 1. The lowest BCUT2D eigenvalue weighted by molar-refractivity contribution is 0.0993. The van der Waals surface area contributed by atoms with Gasteiger partial charge in [-0.25, -0.2) is 0 Å². The molecule has 1 aliphatic rings. The van der Waals surface area contributed by atoms with Crippen LogP contribution in [0.25, 0.3) is 0 Å². The molecule has 142 valence electrons. The van der Waals surface area contributed by atoms with Crippen molar-refractivity contribution in [3.8, 4) is 5.75 Å². The molecule has 1 N–H and O–H groups in total. The summed E-state index contributed by atoms with van der Waals surface area (Å²) in [5.74, 6) is 0.519. The van der Waals surface area contributed by atoms with Crippen molar-refractivity contribution in [2.75, 3.05) is 17.3 Å². The minimum absolute atomic E-state index is 0.0888. The SMILES string of the molecule is COc1cc(Cl)c(C)cc1NC1c2ncccc2C(=O)N1c1ccc(C)cc1. The van der Waals surface area contributed by atoms with Crippen LogP contribution in [0.3, 0.4) is 0 Å². The van der Waals surface area contributed by atoms with E-state index in [1.165, 1.54) is 0 Å². The lowest BCUT2D eigenvalue weighted by atomic mass is 10.1. The van der Waals surface area contributed by atoms with Gasteiger partial charge in [0, 0.05) is 23.0 Å². The molecule has 1 amide bonds. The molecule has 0 saturated carbocycles. The molecule has 2 aromatic carbocycles. The van der Waals surface area contributed by atoms with E-state index in [9.17, 15) is 4.79 Å². The number of nitrogens with zero attached hydrogens (tertiary/aromatic N) is 2. The van der Waals surface area contributed by atoms with Gasteiger partial charge in [0.25, 0.3) is 5.91 Å². The summed E-state index contributed by atoms with van der Waals surface area (Å²) in [4.78, 5) is 19.4. The van der Waals surface area contributed by atoms with Crippen LogP contribution >= 0.6 is 11.6 Å². The van der Waals surface area contributed by atoms with Crippen molar-refractivity contribution in [3.05, 3.63) is 82.1 Å². The Labute approximate surface area is 168 Å². The predicted molar refractivity (Wildman–Crippen MR) is 111 cm³/mol. The number of aryl methyl sites for hydroxylation is 2. The van der Waals surface area contributed by atoms with E-state index in [1.54, 1.807) is 36.4 Å². The molecule has 1 unspecified atom stereocenters. The number of aromatic nitrogens is 1. The van der Waals surface area contributed by atoms with Gasteiger partial charge in [0.2, 0.25) is 0 Å². The van der Waals surface area contributed by atoms with Gasteiger partial charge in [-0.05, 0) is 49.7 Å². The average Bonchev–Trinajstić information content (AvgIpc) is 2.97. The number of hydrogen-bond donors (Lipinski definition) is 1. The number of amides is 1. The molecule has 3 aromatic rings. The fraction of sp³-hybridized carbons (Fsp3) is 0.182. The van der Waals surface area contributed by atoms with Crippen molar-refractivity contribution in [1.82, 2.24) is 4.98 Å². The van der Waals surface area contributed by atoms with Crippen molar-refractivity contribution in [2.24, 2.45) is 0 Å². The van der Waals surface area contributed by atoms with Gasteiger partial charge >= 0.3 is 0 Å². The second-order valence-corrected chi connectivity index (χ2v) is 7.20. The van der Waals surface area contributed by atoms with E-state index < -0.39 is 6.17 Å². The summed E-state index contributed by atoms with van der Waals surface area (Å²) in [5, 5.41) is 4.06. The van der Waals surface area contributed by atoms with Gasteiger partial charge < -0.3 is 10.1 Å². The van der Waals surface area contributed by atoms with Crippen molar-refractivity contribution < 1.29 is 9.53 Å². The minimum Gasteiger partial charge on any atom is -0.495 e. The van der Waals surface area contributed by atoms with E-state index >= 15 is 0 Å². The highest BCUT2D eigenvalue weighted by molar-refractivity contribution is 6.31. The molecule has 2 heterocycles. The van der Waals surface area contributed by atoms with Gasteiger partial charge in [-0.1, -0.05) is 29.3 Å². The molecular formula is C22H20ClN3O2. The molecule has 5 nitrogen and oxygen atoms in total. The summed E-state index contributed by atoms with van der Waals surface area (Å²) >= 11 is 6.24. The van der Waals surface area contributed by atoms with Gasteiger partial charge in [0.15, 0.2) is 6.17 Å². The first-order valence-electron chi connectivity index (χ1n) is 8.95. The number of carbonyl (C=O) groups is 1. The van der Waals surface area contributed by atoms with E-state index in [1.807, 2.05) is 44.2 Å². The summed E-state index contributed by atoms with van der Waals surface area (Å²) < 4.78 is 5.49. The summed E-state index contributed by atoms with van der Waals surface area (Å²) in [7, 11) is 1.59. The van der Waals surface area contributed by atoms with Gasteiger partial charge in [0.1, 0.15) is 5.75 Å². The highest BCUT2D eigenvalue weighted by atomic mass is 35.5. The van der Waals surface area contributed by atoms with Crippen LogP contribution < -0.4 is 15.0 Å². The molecule has 0 bridgehead atoms. The summed E-state index contributed by atoms with van der Waals surface area (Å²) in [6, 6.07) is 15.1. The molecule has 0 aliphatic carbocycles. The highest BCUT2D eigenvalue weighted by Gasteiger charge is 2.39. The van der Waals surface area contributed by atoms with E-state index in [4.69, 9.17) is 16.3 Å². The summed E-state index contributed by atoms with van der Waals surface area (Å²) in [5.41, 5.74) is 4.87. The highest BCUT2D eigenvalue weighted by Crippen LogP contribution is 2.40. The first-order valence-corrected chi connectivity index (χ1v) is 9.33. The Morgan fingerprint density at radius 1 is 1.14 bits per heavy atom. The topological polar surface area (TPSA) is 54.5 Å². The third kappa shape index (κ3) is 3.08. The van der Waals surface area contributed by atoms with E-state index in [-0.39, 0.29) is 5.91 Å². The number of nitrogens with one attached hydrogen (secondary N) is 1. The van der Waals surface area contributed by atoms with Crippen molar-refractivity contribution in [3.63, 3.8) is 0 Å². The van der Waals surface area contributed by atoms with Crippen molar-refractivity contribution >= 4 is 28.9 Å². The Bertz CT molecular complexity index is 1050. The van der Waals surface area contributed by atoms with E-state index in [0.29, 0.717) is 22.0 Å². The molecule has 28 heavy (non-hydrogen) atoms. The number of carbonyl (C=O) groups excluding carboxylic acids is 1. The van der Waals surface area contributed by atoms with Crippen LogP contribution in [0.15, 0.2) is 54.7 Å². The van der Waals surface area contributed by atoms with Crippen LogP contribution in [0, 0.1) is 13.8 Å². The Balaban J connectivity index is 1.81. The maximum absolute atomic E-state index is 13.2. The van der Waals surface area contributed by atoms with Crippen LogP contribution in [0.4, 0.5) is 11.4 Å². The van der Waals surface area contributed by atoms with Crippen LogP contribution in [0.5, 0.6) is 5.75 Å². The molecule has 0 radical (unpaired) electrons. The number of benzene rings is 2. The fourth-order valence-corrected chi connectivity index (χ4v) is 3.54. The van der Waals surface area contributed by atoms with E-state index in [2.05, 4.69) is 10.3 Å². The summed E-state index contributed by atoms with van der Waals surface area (Å²) in [6.45, 7) is 3.94. The van der Waals surface area contributed by atoms with Crippen molar-refractivity contribution in [2.45, 2.75) is 20.0 Å². The Morgan fingerprint density at radius 3 is 2.61 bits per heavy atom. The maximum atomic E-state index is 13.2. The Hall–Kier alpha value is -3.05. The normalized spacial score (nSPS) is 15.5. The Kier molecular flexibility index (Phi) is 4.69. The van der Waals surface area contributed by atoms with Gasteiger partial charge in [-0.2, -0.15) is 0 Å². The molecule has 4 rings (SSSR count). The number of ether oxygens (including phenoxy) is 1. The van der Waals surface area contributed by atoms with Crippen LogP contribution in [0.2, 0.25) is 5.02 Å². The molecule has 0 saturated heterocycles. The number of hydrogen-bond acceptors (Lipinski definition) is 4. The second kappa shape index (κ2) is 7.17. The monoisotopic (exact) mass is 393 g/mol. The lowest BCUT2D eigenvalue weighted by Gasteiger charge is -2.27. The first-order chi connectivity index (χ1) is 13.5. The molecule has 0 spiro atoms. The lowest BCUT2D eigenvalue weighted by Crippen LogP contribution is -2.32. The zero-order valence-electron chi connectivity index (χ0n) is 15.9. The summed E-state index contributed by atoms with van der Waals surface area (Å²) in [6.07, 6.45) is 1.24. The molecule has 1 aliphatic heterocycles. The van der Waals surface area contributed by atoms with Gasteiger partial charge in [-0.3, -0.25) is 14.7 Å². The molecule has 1 aromatic heterocycles. The largest absolute Gasteiger partial charge is 0.495 e. The molecule has 6 heteroatoms. The van der Waals surface area contributed by atoms with Gasteiger partial charge in [-0.15, -0.1) is 0 Å². The van der Waals surface area contributed by atoms with Gasteiger partial charge in [0.05, 0.1) is 24.1 Å². The smallest absolute Gasteiger partial charge is 0.262 e. The fourth-order valence-electron chi connectivity index (χ4n) is 3.38. The quantitative estimate of drug-likeness (QED) is 0.667. The number of anilines is 2. The predicted octanol–water partition coefficient (Wildman–Crippen LogP) is 5.13.